The van der Waals surface area contributed by atoms with Crippen LogP contribution >= 0.6 is 0 Å². The Hall–Kier alpha value is -0.840. The molecule has 1 rings (SSSR count). The van der Waals surface area contributed by atoms with Crippen molar-refractivity contribution >= 4 is 15.7 Å². The highest BCUT2D eigenvalue weighted by Crippen LogP contribution is 2.07. The molecule has 0 fully saturated rings. The number of rotatable bonds is 1. The highest BCUT2D eigenvalue weighted by molar-refractivity contribution is 7.94. The highest BCUT2D eigenvalue weighted by atomic mass is 32.2. The molecule has 4 nitrogen and oxygen atoms in total. The summed E-state index contributed by atoms with van der Waals surface area (Å²) in [4.78, 5) is 10.5. The predicted molar refractivity (Wildman–Crippen MR) is 40.5 cm³/mol. The van der Waals surface area contributed by atoms with Gasteiger partial charge < -0.3 is 5.32 Å². The molecule has 1 aliphatic heterocycles. The molecule has 1 atom stereocenters. The lowest BCUT2D eigenvalue weighted by Crippen LogP contribution is -2.33. The molecule has 0 saturated carbocycles. The van der Waals surface area contributed by atoms with E-state index >= 15 is 0 Å². The fraction of sp³-hybridized carbons (Fsp3) is 0.500. The summed E-state index contributed by atoms with van der Waals surface area (Å²) < 4.78 is 21.6. The number of carbonyl (C=O) groups is 1. The smallest absolute Gasteiger partial charge is 0.217 e. The van der Waals surface area contributed by atoms with Crippen LogP contribution in [0.3, 0.4) is 0 Å². The average Bonchev–Trinajstić information content (AvgIpc) is 2.08. The third kappa shape index (κ3) is 2.34. The van der Waals surface area contributed by atoms with Gasteiger partial charge in [-0.3, -0.25) is 4.79 Å². The van der Waals surface area contributed by atoms with Gasteiger partial charge in [0.2, 0.25) is 5.91 Å². The van der Waals surface area contributed by atoms with Crippen molar-refractivity contribution in [3.8, 4) is 0 Å². The Balaban J connectivity index is 2.58. The van der Waals surface area contributed by atoms with E-state index in [1.807, 2.05) is 0 Å². The van der Waals surface area contributed by atoms with Gasteiger partial charge in [0.25, 0.3) is 0 Å². The van der Waals surface area contributed by atoms with E-state index in [1.54, 1.807) is 0 Å². The molecule has 0 aromatic heterocycles. The molecule has 0 aromatic rings. The second-order valence-corrected chi connectivity index (χ2v) is 4.40. The first kappa shape index (κ1) is 8.26. The van der Waals surface area contributed by atoms with Gasteiger partial charge in [-0.25, -0.2) is 8.42 Å². The Morgan fingerprint density at radius 3 is 2.64 bits per heavy atom. The second kappa shape index (κ2) is 2.65. The topological polar surface area (TPSA) is 63.2 Å². The van der Waals surface area contributed by atoms with Gasteiger partial charge in [0.1, 0.15) is 0 Å². The van der Waals surface area contributed by atoms with Crippen LogP contribution in [0.2, 0.25) is 0 Å². The van der Waals surface area contributed by atoms with Crippen molar-refractivity contribution in [1.29, 1.82) is 0 Å². The largest absolute Gasteiger partial charge is 0.349 e. The molecule has 11 heavy (non-hydrogen) atoms. The Morgan fingerprint density at radius 1 is 1.64 bits per heavy atom. The summed E-state index contributed by atoms with van der Waals surface area (Å²) in [5, 5.41) is 3.62. The van der Waals surface area contributed by atoms with Crippen molar-refractivity contribution in [2.45, 2.75) is 13.0 Å². The van der Waals surface area contributed by atoms with Gasteiger partial charge in [-0.05, 0) is 6.08 Å². The average molecular weight is 175 g/mol. The normalized spacial score (nSPS) is 26.8. The van der Waals surface area contributed by atoms with Crippen molar-refractivity contribution in [3.63, 3.8) is 0 Å². The van der Waals surface area contributed by atoms with Crippen LogP contribution in [0.15, 0.2) is 11.5 Å². The maximum atomic E-state index is 10.8. The first-order valence-corrected chi connectivity index (χ1v) is 4.89. The van der Waals surface area contributed by atoms with Gasteiger partial charge in [-0.15, -0.1) is 0 Å². The van der Waals surface area contributed by atoms with Crippen molar-refractivity contribution in [2.24, 2.45) is 0 Å². The quantitative estimate of drug-likeness (QED) is 0.580. The van der Waals surface area contributed by atoms with Crippen molar-refractivity contribution in [2.75, 3.05) is 5.75 Å². The van der Waals surface area contributed by atoms with Crippen LogP contribution in [0.5, 0.6) is 0 Å². The zero-order chi connectivity index (χ0) is 8.48. The van der Waals surface area contributed by atoms with E-state index in [0.29, 0.717) is 0 Å². The molecule has 1 N–H and O–H groups in total. The SMILES string of the molecule is CC(=O)NC1C=CS(=O)(=O)C1. The summed E-state index contributed by atoms with van der Waals surface area (Å²) >= 11 is 0. The molecule has 0 bridgehead atoms. The highest BCUT2D eigenvalue weighted by Gasteiger charge is 2.21. The van der Waals surface area contributed by atoms with Crippen LogP contribution in [-0.4, -0.2) is 26.1 Å². The molecule has 1 aliphatic rings. The van der Waals surface area contributed by atoms with Gasteiger partial charge in [-0.2, -0.15) is 0 Å². The molecule has 1 amide bonds. The molecule has 5 heteroatoms. The Kier molecular flexibility index (Phi) is 1.99. The lowest BCUT2D eigenvalue weighted by Gasteiger charge is -2.05. The zero-order valence-electron chi connectivity index (χ0n) is 6.07. The minimum absolute atomic E-state index is 0.00736. The van der Waals surface area contributed by atoms with Crippen molar-refractivity contribution in [3.05, 3.63) is 11.5 Å². The van der Waals surface area contributed by atoms with E-state index in [1.165, 1.54) is 13.0 Å². The van der Waals surface area contributed by atoms with Crippen LogP contribution in [-0.2, 0) is 14.6 Å². The molecule has 62 valence electrons. The standard InChI is InChI=1S/C6H9NO3S/c1-5(8)7-6-2-3-11(9,10)4-6/h2-3,6H,4H2,1H3,(H,7,8). The van der Waals surface area contributed by atoms with Crippen LogP contribution in [0, 0.1) is 0 Å². The summed E-state index contributed by atoms with van der Waals surface area (Å²) in [6.45, 7) is 1.36. The summed E-state index contributed by atoms with van der Waals surface area (Å²) in [7, 11) is -3.04. The number of amides is 1. The Morgan fingerprint density at radius 2 is 2.27 bits per heavy atom. The molecule has 0 aliphatic carbocycles. The maximum absolute atomic E-state index is 10.8. The van der Waals surface area contributed by atoms with E-state index in [2.05, 4.69) is 5.32 Å². The van der Waals surface area contributed by atoms with E-state index in [9.17, 15) is 13.2 Å². The number of nitrogens with one attached hydrogen (secondary N) is 1. The monoisotopic (exact) mass is 175 g/mol. The number of hydrogen-bond acceptors (Lipinski definition) is 3. The molecular weight excluding hydrogens is 166 g/mol. The van der Waals surface area contributed by atoms with Crippen molar-refractivity contribution < 1.29 is 13.2 Å². The maximum Gasteiger partial charge on any atom is 0.217 e. The van der Waals surface area contributed by atoms with E-state index in [0.717, 1.165) is 5.41 Å². The van der Waals surface area contributed by atoms with Gasteiger partial charge in [0.05, 0.1) is 11.8 Å². The van der Waals surface area contributed by atoms with Gasteiger partial charge in [0.15, 0.2) is 9.84 Å². The summed E-state index contributed by atoms with van der Waals surface area (Å²) in [6, 6.07) is -0.336. The fourth-order valence-corrected chi connectivity index (χ4v) is 2.16. The third-order valence-electron chi connectivity index (χ3n) is 1.32. The van der Waals surface area contributed by atoms with Crippen LogP contribution < -0.4 is 5.32 Å². The van der Waals surface area contributed by atoms with Crippen LogP contribution in [0.4, 0.5) is 0 Å². The first-order valence-electron chi connectivity index (χ1n) is 3.18. The Labute approximate surface area is 65.2 Å². The predicted octanol–water partition coefficient (Wildman–Crippen LogP) is -0.567. The van der Waals surface area contributed by atoms with E-state index in [4.69, 9.17) is 0 Å². The molecule has 0 spiro atoms. The molecule has 0 saturated heterocycles. The minimum Gasteiger partial charge on any atom is -0.349 e. The molecular formula is C6H9NO3S. The van der Waals surface area contributed by atoms with Crippen LogP contribution in [0.1, 0.15) is 6.92 Å². The molecule has 1 unspecified atom stereocenters. The summed E-state index contributed by atoms with van der Waals surface area (Å²) in [5.74, 6) is -0.219. The molecule has 0 aromatic carbocycles. The first-order chi connectivity index (χ1) is 4.99. The summed E-state index contributed by atoms with van der Waals surface area (Å²) in [6.07, 6.45) is 1.48. The Bertz CT molecular complexity index is 291. The van der Waals surface area contributed by atoms with Gasteiger partial charge >= 0.3 is 0 Å². The van der Waals surface area contributed by atoms with Gasteiger partial charge in [0, 0.05) is 12.3 Å². The van der Waals surface area contributed by atoms with E-state index in [-0.39, 0.29) is 17.7 Å². The number of sulfone groups is 1. The van der Waals surface area contributed by atoms with Crippen LogP contribution in [0.25, 0.3) is 0 Å². The van der Waals surface area contributed by atoms with Crippen molar-refractivity contribution in [1.82, 2.24) is 5.32 Å². The third-order valence-corrected chi connectivity index (χ3v) is 2.71. The number of carbonyl (C=O) groups excluding carboxylic acids is 1. The number of hydrogen-bond donors (Lipinski definition) is 1. The molecule has 0 radical (unpaired) electrons. The van der Waals surface area contributed by atoms with Gasteiger partial charge in [-0.1, -0.05) is 0 Å². The second-order valence-electron chi connectivity index (χ2n) is 2.47. The molecule has 1 heterocycles. The lowest BCUT2D eigenvalue weighted by molar-refractivity contribution is -0.119. The lowest BCUT2D eigenvalue weighted by atomic mass is 10.3. The fourth-order valence-electron chi connectivity index (χ4n) is 0.927. The zero-order valence-corrected chi connectivity index (χ0v) is 6.89. The van der Waals surface area contributed by atoms with E-state index < -0.39 is 9.84 Å². The summed E-state index contributed by atoms with van der Waals surface area (Å²) in [5.41, 5.74) is 0. The minimum atomic E-state index is -3.04.